The molecule has 2 aromatic carbocycles. The topological polar surface area (TPSA) is 71.1 Å². The third-order valence-electron chi connectivity index (χ3n) is 3.35. The van der Waals surface area contributed by atoms with Crippen molar-refractivity contribution in [2.75, 3.05) is 14.1 Å². The molecule has 1 aliphatic heterocycles. The fourth-order valence-corrected chi connectivity index (χ4v) is 2.35. The van der Waals surface area contributed by atoms with Crippen molar-refractivity contribution in [1.29, 1.82) is 0 Å². The summed E-state index contributed by atoms with van der Waals surface area (Å²) < 4.78 is 0. The van der Waals surface area contributed by atoms with E-state index in [1.54, 1.807) is 18.2 Å². The van der Waals surface area contributed by atoms with Crippen molar-refractivity contribution in [3.63, 3.8) is 0 Å². The SMILES string of the molecule is CN(C)C1=NC(=Nc2ccccc2[N+](=O)[O-])c2ccccc21. The van der Waals surface area contributed by atoms with E-state index in [2.05, 4.69) is 9.98 Å². The molecule has 110 valence electrons. The maximum atomic E-state index is 11.1. The Morgan fingerprint density at radius 3 is 2.36 bits per heavy atom. The summed E-state index contributed by atoms with van der Waals surface area (Å²) in [6, 6.07) is 14.1. The van der Waals surface area contributed by atoms with Crippen molar-refractivity contribution in [2.24, 2.45) is 9.98 Å². The smallest absolute Gasteiger partial charge is 0.294 e. The van der Waals surface area contributed by atoms with Gasteiger partial charge in [0.05, 0.1) is 4.92 Å². The maximum absolute atomic E-state index is 11.1. The van der Waals surface area contributed by atoms with E-state index in [1.165, 1.54) is 6.07 Å². The van der Waals surface area contributed by atoms with E-state index in [9.17, 15) is 10.1 Å². The van der Waals surface area contributed by atoms with Gasteiger partial charge in [0.2, 0.25) is 0 Å². The molecule has 0 unspecified atom stereocenters. The van der Waals surface area contributed by atoms with E-state index < -0.39 is 4.92 Å². The average Bonchev–Trinajstić information content (AvgIpc) is 2.87. The number of nitro benzene ring substituents is 1. The number of nitrogens with zero attached hydrogens (tertiary/aromatic N) is 4. The molecule has 0 saturated carbocycles. The normalized spacial score (nSPS) is 14.6. The summed E-state index contributed by atoms with van der Waals surface area (Å²) in [5.74, 6) is 1.29. The summed E-state index contributed by atoms with van der Waals surface area (Å²) in [4.78, 5) is 21.5. The third-order valence-corrected chi connectivity index (χ3v) is 3.35. The number of aliphatic imine (C=N–C) groups is 2. The van der Waals surface area contributed by atoms with Gasteiger partial charge in [0.1, 0.15) is 11.5 Å². The Kier molecular flexibility index (Phi) is 3.42. The van der Waals surface area contributed by atoms with Gasteiger partial charge in [-0.05, 0) is 6.07 Å². The summed E-state index contributed by atoms with van der Waals surface area (Å²) in [6.45, 7) is 0. The summed E-state index contributed by atoms with van der Waals surface area (Å²) in [5, 5.41) is 11.1. The second-order valence-corrected chi connectivity index (χ2v) is 5.06. The van der Waals surface area contributed by atoms with Crippen molar-refractivity contribution in [2.45, 2.75) is 0 Å². The number of amidine groups is 2. The lowest BCUT2D eigenvalue weighted by molar-refractivity contribution is -0.384. The molecule has 0 aliphatic carbocycles. The Morgan fingerprint density at radius 1 is 1.05 bits per heavy atom. The molecule has 0 amide bonds. The van der Waals surface area contributed by atoms with E-state index in [4.69, 9.17) is 0 Å². The molecule has 0 spiro atoms. The van der Waals surface area contributed by atoms with Crippen molar-refractivity contribution in [3.8, 4) is 0 Å². The van der Waals surface area contributed by atoms with Gasteiger partial charge < -0.3 is 4.90 Å². The van der Waals surface area contributed by atoms with Crippen LogP contribution in [-0.2, 0) is 0 Å². The van der Waals surface area contributed by atoms with Crippen molar-refractivity contribution in [1.82, 2.24) is 4.90 Å². The van der Waals surface area contributed by atoms with Gasteiger partial charge in [-0.15, -0.1) is 0 Å². The standard InChI is InChI=1S/C16H14N4O2/c1-19(2)16-12-8-4-3-7-11(12)15(18-16)17-13-9-5-6-10-14(13)20(21)22/h3-10H,1-2H3. The van der Waals surface area contributed by atoms with Crippen LogP contribution in [0.25, 0.3) is 0 Å². The monoisotopic (exact) mass is 294 g/mol. The molecule has 0 bridgehead atoms. The Bertz CT molecular complexity index is 809. The van der Waals surface area contributed by atoms with Crippen LogP contribution in [0.15, 0.2) is 58.5 Å². The number of hydrogen-bond acceptors (Lipinski definition) is 4. The number of para-hydroxylation sites is 2. The zero-order valence-electron chi connectivity index (χ0n) is 12.2. The lowest BCUT2D eigenvalue weighted by Gasteiger charge is -2.11. The number of nitro groups is 1. The van der Waals surface area contributed by atoms with Crippen LogP contribution in [0.2, 0.25) is 0 Å². The fraction of sp³-hybridized carbons (Fsp3) is 0.125. The number of fused-ring (bicyclic) bond motifs is 1. The van der Waals surface area contributed by atoms with Crippen LogP contribution in [0.4, 0.5) is 11.4 Å². The predicted octanol–water partition coefficient (Wildman–Crippen LogP) is 2.99. The second-order valence-electron chi connectivity index (χ2n) is 5.06. The van der Waals surface area contributed by atoms with Gasteiger partial charge in [-0.2, -0.15) is 0 Å². The molecule has 6 heteroatoms. The average molecular weight is 294 g/mol. The molecular formula is C16H14N4O2. The highest BCUT2D eigenvalue weighted by Crippen LogP contribution is 2.29. The van der Waals surface area contributed by atoms with Crippen LogP contribution >= 0.6 is 0 Å². The van der Waals surface area contributed by atoms with Crippen LogP contribution in [-0.4, -0.2) is 35.6 Å². The molecule has 0 N–H and O–H groups in total. The molecule has 0 fully saturated rings. The zero-order chi connectivity index (χ0) is 15.7. The first-order valence-electron chi connectivity index (χ1n) is 6.76. The molecule has 1 aliphatic rings. The first-order valence-corrected chi connectivity index (χ1v) is 6.76. The minimum absolute atomic E-state index is 0.0269. The number of hydrogen-bond donors (Lipinski definition) is 0. The van der Waals surface area contributed by atoms with Gasteiger partial charge >= 0.3 is 0 Å². The lowest BCUT2D eigenvalue weighted by Crippen LogP contribution is -2.21. The van der Waals surface area contributed by atoms with Gasteiger partial charge in [0, 0.05) is 31.3 Å². The van der Waals surface area contributed by atoms with E-state index >= 15 is 0 Å². The van der Waals surface area contributed by atoms with Gasteiger partial charge in [-0.25, -0.2) is 9.98 Å². The molecule has 0 saturated heterocycles. The zero-order valence-corrected chi connectivity index (χ0v) is 12.2. The van der Waals surface area contributed by atoms with Gasteiger partial charge in [-0.1, -0.05) is 36.4 Å². The van der Waals surface area contributed by atoms with Crippen LogP contribution in [0, 0.1) is 10.1 Å². The van der Waals surface area contributed by atoms with E-state index in [0.29, 0.717) is 11.5 Å². The minimum atomic E-state index is -0.434. The fourth-order valence-electron chi connectivity index (χ4n) is 2.35. The van der Waals surface area contributed by atoms with Gasteiger partial charge in [-0.3, -0.25) is 10.1 Å². The summed E-state index contributed by atoms with van der Waals surface area (Å²) in [6.07, 6.45) is 0. The van der Waals surface area contributed by atoms with E-state index in [1.807, 2.05) is 43.3 Å². The third kappa shape index (κ3) is 2.35. The van der Waals surface area contributed by atoms with Crippen molar-refractivity contribution in [3.05, 3.63) is 69.8 Å². The highest BCUT2D eigenvalue weighted by Gasteiger charge is 2.23. The summed E-state index contributed by atoms with van der Waals surface area (Å²) >= 11 is 0. The maximum Gasteiger partial charge on any atom is 0.294 e. The van der Waals surface area contributed by atoms with E-state index in [0.717, 1.165) is 17.0 Å². The summed E-state index contributed by atoms with van der Waals surface area (Å²) in [7, 11) is 3.81. The molecule has 0 aromatic heterocycles. The van der Waals surface area contributed by atoms with E-state index in [-0.39, 0.29) is 5.69 Å². The van der Waals surface area contributed by atoms with Crippen LogP contribution in [0.5, 0.6) is 0 Å². The highest BCUT2D eigenvalue weighted by atomic mass is 16.6. The molecule has 22 heavy (non-hydrogen) atoms. The van der Waals surface area contributed by atoms with Crippen LogP contribution in [0.1, 0.15) is 11.1 Å². The van der Waals surface area contributed by atoms with Gasteiger partial charge in [0.25, 0.3) is 5.69 Å². The Balaban J connectivity index is 2.15. The molecule has 1 heterocycles. The number of benzene rings is 2. The van der Waals surface area contributed by atoms with Crippen molar-refractivity contribution < 1.29 is 4.92 Å². The predicted molar refractivity (Wildman–Crippen MR) is 86.0 cm³/mol. The Hall–Kier alpha value is -3.02. The Morgan fingerprint density at radius 2 is 1.68 bits per heavy atom. The highest BCUT2D eigenvalue weighted by molar-refractivity contribution is 6.22. The van der Waals surface area contributed by atoms with Crippen molar-refractivity contribution >= 4 is 23.0 Å². The molecule has 3 rings (SSSR count). The summed E-state index contributed by atoms with van der Waals surface area (Å²) in [5.41, 5.74) is 2.14. The number of rotatable bonds is 2. The molecule has 6 nitrogen and oxygen atoms in total. The second kappa shape index (κ2) is 5.40. The molecule has 0 atom stereocenters. The lowest BCUT2D eigenvalue weighted by atomic mass is 10.1. The van der Waals surface area contributed by atoms with Gasteiger partial charge in [0.15, 0.2) is 5.84 Å². The minimum Gasteiger partial charge on any atom is -0.362 e. The van der Waals surface area contributed by atoms with Crippen LogP contribution < -0.4 is 0 Å². The first-order chi connectivity index (χ1) is 10.6. The Labute approximate surface area is 127 Å². The first kappa shape index (κ1) is 13.9. The molecular weight excluding hydrogens is 280 g/mol. The van der Waals surface area contributed by atoms with Crippen LogP contribution in [0.3, 0.4) is 0 Å². The largest absolute Gasteiger partial charge is 0.362 e. The molecule has 0 radical (unpaired) electrons. The quantitative estimate of drug-likeness (QED) is 0.631. The molecule has 2 aromatic rings.